The van der Waals surface area contributed by atoms with Gasteiger partial charge >= 0.3 is 0 Å². The molecule has 1 rings (SSSR count). The molecule has 0 unspecified atom stereocenters. The van der Waals surface area contributed by atoms with Gasteiger partial charge in [0.2, 0.25) is 0 Å². The van der Waals surface area contributed by atoms with E-state index >= 15 is 0 Å². The fourth-order valence-electron chi connectivity index (χ4n) is 0.948. The Bertz CT molecular complexity index is 542. The smallest absolute Gasteiger partial charge is 0.268 e. The van der Waals surface area contributed by atoms with E-state index in [2.05, 4.69) is 15.9 Å². The largest absolute Gasteiger partial charge is 0.327 e. The van der Waals surface area contributed by atoms with E-state index in [4.69, 9.17) is 10.7 Å². The molecule has 0 amide bonds. The molecule has 1 aromatic heterocycles. The minimum Gasteiger partial charge on any atom is -0.327 e. The molecule has 0 bridgehead atoms. The van der Waals surface area contributed by atoms with E-state index in [0.29, 0.717) is 0 Å². The molecule has 0 saturated carbocycles. The molecule has 0 spiro atoms. The quantitative estimate of drug-likeness (QED) is 0.847. The second-order valence-corrected chi connectivity index (χ2v) is 5.80. The fourth-order valence-corrected chi connectivity index (χ4v) is 2.77. The van der Waals surface area contributed by atoms with Crippen molar-refractivity contribution in [3.63, 3.8) is 0 Å². The van der Waals surface area contributed by atoms with Gasteiger partial charge in [-0.1, -0.05) is 0 Å². The molecule has 0 saturated heterocycles. The van der Waals surface area contributed by atoms with Crippen molar-refractivity contribution < 1.29 is 17.2 Å². The summed E-state index contributed by atoms with van der Waals surface area (Å²) < 4.78 is 46.6. The van der Waals surface area contributed by atoms with Crippen molar-refractivity contribution in [2.24, 2.45) is 0 Å². The third-order valence-corrected chi connectivity index (χ3v) is 3.51. The van der Waals surface area contributed by atoms with Crippen LogP contribution in [-0.2, 0) is 9.05 Å². The van der Waals surface area contributed by atoms with Crippen molar-refractivity contribution >= 4 is 35.7 Å². The highest BCUT2D eigenvalue weighted by Crippen LogP contribution is 2.31. The Kier molecular flexibility index (Phi) is 3.51. The number of halogens is 4. The molecule has 4 nitrogen and oxygen atoms in total. The summed E-state index contributed by atoms with van der Waals surface area (Å²) in [5.74, 6) is 0. The Morgan fingerprint density at radius 1 is 1.47 bits per heavy atom. The van der Waals surface area contributed by atoms with E-state index in [9.17, 15) is 22.0 Å². The number of H-pyrrole nitrogens is 1. The standard InChI is InChI=1S/C6H3BrClF2NO3S/c7-2-1-11-6(12)4(15(8,13)14)3(2)5(9)10/h1,5H,(H,11,12). The predicted molar refractivity (Wildman–Crippen MR) is 52.8 cm³/mol. The molecule has 0 radical (unpaired) electrons. The minimum atomic E-state index is -4.51. The number of hydrogen-bond acceptors (Lipinski definition) is 3. The Balaban J connectivity index is 3.77. The lowest BCUT2D eigenvalue weighted by Crippen LogP contribution is -2.17. The van der Waals surface area contributed by atoms with Crippen LogP contribution in [0.5, 0.6) is 0 Å². The second kappa shape index (κ2) is 4.18. The molecular weight excluding hydrogens is 319 g/mol. The van der Waals surface area contributed by atoms with E-state index in [1.54, 1.807) is 0 Å². The maximum Gasteiger partial charge on any atom is 0.268 e. The van der Waals surface area contributed by atoms with E-state index in [1.807, 2.05) is 4.98 Å². The first kappa shape index (κ1) is 12.6. The Hall–Kier alpha value is -0.470. The van der Waals surface area contributed by atoms with Crippen LogP contribution in [0, 0.1) is 0 Å². The van der Waals surface area contributed by atoms with Crippen LogP contribution in [0.1, 0.15) is 12.0 Å². The summed E-state index contributed by atoms with van der Waals surface area (Å²) in [6.07, 6.45) is -2.19. The zero-order valence-electron chi connectivity index (χ0n) is 6.80. The van der Waals surface area contributed by atoms with Crippen molar-refractivity contribution in [1.82, 2.24) is 4.98 Å². The lowest BCUT2D eigenvalue weighted by Gasteiger charge is -2.06. The highest BCUT2D eigenvalue weighted by molar-refractivity contribution is 9.10. The zero-order chi connectivity index (χ0) is 11.8. The highest BCUT2D eigenvalue weighted by atomic mass is 79.9. The molecule has 9 heteroatoms. The third-order valence-electron chi connectivity index (χ3n) is 1.50. The Morgan fingerprint density at radius 2 is 2.00 bits per heavy atom. The number of alkyl halides is 2. The summed E-state index contributed by atoms with van der Waals surface area (Å²) in [7, 11) is 0.370. The Labute approximate surface area is 95.8 Å². The van der Waals surface area contributed by atoms with Crippen LogP contribution in [0.2, 0.25) is 0 Å². The van der Waals surface area contributed by atoms with E-state index in [1.165, 1.54) is 0 Å². The van der Waals surface area contributed by atoms with Crippen molar-refractivity contribution in [2.75, 3.05) is 0 Å². The van der Waals surface area contributed by atoms with Crippen LogP contribution >= 0.6 is 26.6 Å². The first-order valence-corrected chi connectivity index (χ1v) is 6.49. The number of aromatic amines is 1. The van der Waals surface area contributed by atoms with Crippen LogP contribution in [0.4, 0.5) is 8.78 Å². The van der Waals surface area contributed by atoms with Gasteiger partial charge in [-0.2, -0.15) is 0 Å². The first-order chi connectivity index (χ1) is 6.75. The average Bonchev–Trinajstić information content (AvgIpc) is 2.05. The van der Waals surface area contributed by atoms with E-state index < -0.39 is 31.5 Å². The molecule has 84 valence electrons. The predicted octanol–water partition coefficient (Wildman–Crippen LogP) is 2.00. The molecule has 0 aliphatic rings. The number of rotatable bonds is 2. The van der Waals surface area contributed by atoms with Gasteiger partial charge in [0.1, 0.15) is 0 Å². The average molecular weight is 323 g/mol. The van der Waals surface area contributed by atoms with Crippen molar-refractivity contribution in [3.8, 4) is 0 Å². The van der Waals surface area contributed by atoms with Gasteiger partial charge in [0.25, 0.3) is 21.0 Å². The molecule has 0 aliphatic carbocycles. The monoisotopic (exact) mass is 321 g/mol. The topological polar surface area (TPSA) is 67.0 Å². The summed E-state index contributed by atoms with van der Waals surface area (Å²) in [5, 5.41) is 0. The molecule has 0 aromatic carbocycles. The zero-order valence-corrected chi connectivity index (χ0v) is 9.96. The van der Waals surface area contributed by atoms with Gasteiger partial charge in [0, 0.05) is 21.4 Å². The number of nitrogens with one attached hydrogen (secondary N) is 1. The molecule has 1 heterocycles. The molecular formula is C6H3BrClF2NO3S. The lowest BCUT2D eigenvalue weighted by molar-refractivity contribution is 0.146. The molecule has 1 N–H and O–H groups in total. The molecule has 1 aromatic rings. The summed E-state index contributed by atoms with van der Waals surface area (Å²) in [5.41, 5.74) is -2.11. The third kappa shape index (κ3) is 2.56. The molecule has 0 atom stereocenters. The van der Waals surface area contributed by atoms with Crippen molar-refractivity contribution in [1.29, 1.82) is 0 Å². The van der Waals surface area contributed by atoms with Crippen molar-refractivity contribution in [3.05, 3.63) is 26.6 Å². The van der Waals surface area contributed by atoms with Crippen LogP contribution in [0.25, 0.3) is 0 Å². The highest BCUT2D eigenvalue weighted by Gasteiger charge is 2.27. The molecule has 15 heavy (non-hydrogen) atoms. The number of aromatic nitrogens is 1. The lowest BCUT2D eigenvalue weighted by atomic mass is 10.3. The van der Waals surface area contributed by atoms with Gasteiger partial charge in [-0.3, -0.25) is 4.79 Å². The van der Waals surface area contributed by atoms with Crippen LogP contribution in [0.3, 0.4) is 0 Å². The van der Waals surface area contributed by atoms with Gasteiger partial charge in [-0.05, 0) is 15.9 Å². The summed E-state index contributed by atoms with van der Waals surface area (Å²) >= 11 is 2.70. The van der Waals surface area contributed by atoms with E-state index in [0.717, 1.165) is 6.20 Å². The maximum atomic E-state index is 12.5. The SMILES string of the molecule is O=c1[nH]cc(Br)c(C(F)F)c1S(=O)(=O)Cl. The van der Waals surface area contributed by atoms with Crippen LogP contribution in [-0.4, -0.2) is 13.4 Å². The van der Waals surface area contributed by atoms with Crippen molar-refractivity contribution in [2.45, 2.75) is 11.3 Å². The Morgan fingerprint density at radius 3 is 2.33 bits per heavy atom. The summed E-state index contributed by atoms with van der Waals surface area (Å²) in [6.45, 7) is 0. The number of pyridine rings is 1. The van der Waals surface area contributed by atoms with Gasteiger partial charge in [0.05, 0.1) is 5.56 Å². The minimum absolute atomic E-state index is 0.226. The maximum absolute atomic E-state index is 12.5. The fraction of sp³-hybridized carbons (Fsp3) is 0.167. The summed E-state index contributed by atoms with van der Waals surface area (Å²) in [6, 6.07) is 0. The van der Waals surface area contributed by atoms with Crippen LogP contribution < -0.4 is 5.56 Å². The normalized spacial score (nSPS) is 12.1. The van der Waals surface area contributed by atoms with E-state index in [-0.39, 0.29) is 4.47 Å². The first-order valence-electron chi connectivity index (χ1n) is 3.39. The van der Waals surface area contributed by atoms with Crippen LogP contribution in [0.15, 0.2) is 20.4 Å². The van der Waals surface area contributed by atoms with Gasteiger partial charge in [-0.15, -0.1) is 0 Å². The number of hydrogen-bond donors (Lipinski definition) is 1. The van der Waals surface area contributed by atoms with Gasteiger partial charge in [0.15, 0.2) is 4.90 Å². The van der Waals surface area contributed by atoms with Gasteiger partial charge < -0.3 is 4.98 Å². The molecule has 0 aliphatic heterocycles. The molecule has 0 fully saturated rings. The second-order valence-electron chi connectivity index (χ2n) is 2.45. The summed E-state index contributed by atoms with van der Waals surface area (Å²) in [4.78, 5) is 11.9. The van der Waals surface area contributed by atoms with Gasteiger partial charge in [-0.25, -0.2) is 17.2 Å².